The molecule has 1 heteroatoms. The lowest BCUT2D eigenvalue weighted by atomic mass is 10.0. The van der Waals surface area contributed by atoms with E-state index in [1.807, 2.05) is 19.9 Å². The monoisotopic (exact) mass is 288 g/mol. The van der Waals surface area contributed by atoms with Crippen molar-refractivity contribution in [3.05, 3.63) is 46.6 Å². The maximum atomic E-state index is 10.9. The van der Waals surface area contributed by atoms with E-state index in [0.717, 1.165) is 37.5 Å². The second kappa shape index (κ2) is 11.3. The molecule has 0 aromatic rings. The fourth-order valence-electron chi connectivity index (χ4n) is 1.93. The molecule has 0 aliphatic rings. The number of hydrogen-bond donors (Lipinski definition) is 0. The van der Waals surface area contributed by atoms with Gasteiger partial charge in [0.1, 0.15) is 6.29 Å². The quantitative estimate of drug-likeness (QED) is 0.214. The summed E-state index contributed by atoms with van der Waals surface area (Å²) in [5.41, 5.74) is 5.04. The second-order valence-electron chi connectivity index (χ2n) is 6.36. The van der Waals surface area contributed by atoms with Gasteiger partial charge in [0, 0.05) is 0 Å². The lowest BCUT2D eigenvalue weighted by Gasteiger charge is -2.03. The minimum atomic E-state index is 0.295. The Labute approximate surface area is 131 Å². The molecule has 0 rings (SSSR count). The van der Waals surface area contributed by atoms with Crippen molar-refractivity contribution < 1.29 is 4.79 Å². The minimum Gasteiger partial charge on any atom is -0.298 e. The first-order valence-electron chi connectivity index (χ1n) is 7.98. The van der Waals surface area contributed by atoms with Crippen LogP contribution in [0.25, 0.3) is 0 Å². The van der Waals surface area contributed by atoms with Crippen LogP contribution < -0.4 is 0 Å². The van der Waals surface area contributed by atoms with Crippen molar-refractivity contribution in [3.63, 3.8) is 0 Å². The standard InChI is InChI=1S/C20H32O/c1-16(2)9-7-10-18(5)11-8-12-19(6)13-14-20(15-21)17(3)4/h9,11,13-15,17H,7-8,10,12H2,1-6H3/b18-11+,19-13+,20-14-. The molecular weight excluding hydrogens is 256 g/mol. The van der Waals surface area contributed by atoms with E-state index < -0.39 is 0 Å². The smallest absolute Gasteiger partial charge is 0.146 e. The first kappa shape index (κ1) is 19.6. The fraction of sp³-hybridized carbons (Fsp3) is 0.550. The molecule has 0 saturated carbocycles. The van der Waals surface area contributed by atoms with Crippen LogP contribution in [-0.4, -0.2) is 6.29 Å². The Balaban J connectivity index is 4.27. The molecule has 0 heterocycles. The summed E-state index contributed by atoms with van der Waals surface area (Å²) >= 11 is 0. The number of allylic oxidation sites excluding steroid dienone is 8. The van der Waals surface area contributed by atoms with E-state index in [1.165, 1.54) is 16.7 Å². The van der Waals surface area contributed by atoms with Crippen LogP contribution in [0.5, 0.6) is 0 Å². The topological polar surface area (TPSA) is 17.1 Å². The van der Waals surface area contributed by atoms with Crippen LogP contribution in [-0.2, 0) is 4.79 Å². The molecule has 0 atom stereocenters. The van der Waals surface area contributed by atoms with E-state index in [4.69, 9.17) is 0 Å². The molecular formula is C20H32O. The molecule has 0 aromatic heterocycles. The molecule has 0 radical (unpaired) electrons. The molecule has 0 unspecified atom stereocenters. The maximum Gasteiger partial charge on any atom is 0.146 e. The molecule has 1 nitrogen and oxygen atoms in total. The summed E-state index contributed by atoms with van der Waals surface area (Å²) < 4.78 is 0. The molecule has 0 N–H and O–H groups in total. The lowest BCUT2D eigenvalue weighted by Crippen LogP contribution is -1.94. The number of aldehydes is 1. The third-order valence-corrected chi connectivity index (χ3v) is 3.49. The van der Waals surface area contributed by atoms with E-state index in [2.05, 4.69) is 45.9 Å². The molecule has 21 heavy (non-hydrogen) atoms. The van der Waals surface area contributed by atoms with Gasteiger partial charge in [-0.1, -0.05) is 54.9 Å². The zero-order valence-electron chi connectivity index (χ0n) is 14.7. The highest BCUT2D eigenvalue weighted by Gasteiger charge is 1.99. The first-order valence-corrected chi connectivity index (χ1v) is 7.98. The Morgan fingerprint density at radius 2 is 1.43 bits per heavy atom. The lowest BCUT2D eigenvalue weighted by molar-refractivity contribution is -0.105. The average molecular weight is 288 g/mol. The summed E-state index contributed by atoms with van der Waals surface area (Å²) in [6.07, 6.45) is 14.0. The summed E-state index contributed by atoms with van der Waals surface area (Å²) in [6.45, 7) is 12.7. The number of carbonyl (C=O) groups is 1. The Bertz CT molecular complexity index is 427. The highest BCUT2D eigenvalue weighted by atomic mass is 16.1. The predicted molar refractivity (Wildman–Crippen MR) is 94.4 cm³/mol. The van der Waals surface area contributed by atoms with Gasteiger partial charge in [0.2, 0.25) is 0 Å². The summed E-state index contributed by atoms with van der Waals surface area (Å²) in [5, 5.41) is 0. The van der Waals surface area contributed by atoms with Crippen molar-refractivity contribution >= 4 is 6.29 Å². The van der Waals surface area contributed by atoms with Crippen LogP contribution in [0.4, 0.5) is 0 Å². The van der Waals surface area contributed by atoms with Crippen molar-refractivity contribution in [2.75, 3.05) is 0 Å². The molecule has 0 bridgehead atoms. The van der Waals surface area contributed by atoms with Gasteiger partial charge in [0.25, 0.3) is 0 Å². The molecule has 0 aliphatic heterocycles. The van der Waals surface area contributed by atoms with Crippen molar-refractivity contribution in [2.45, 2.75) is 67.2 Å². The zero-order chi connectivity index (χ0) is 16.3. The van der Waals surface area contributed by atoms with Gasteiger partial charge in [0.15, 0.2) is 0 Å². The van der Waals surface area contributed by atoms with Crippen LogP contribution in [0.2, 0.25) is 0 Å². The van der Waals surface area contributed by atoms with Crippen molar-refractivity contribution in [1.82, 2.24) is 0 Å². The Kier molecular flexibility index (Phi) is 10.6. The van der Waals surface area contributed by atoms with Gasteiger partial charge in [0.05, 0.1) is 0 Å². The second-order valence-corrected chi connectivity index (χ2v) is 6.36. The third kappa shape index (κ3) is 11.0. The average Bonchev–Trinajstić information content (AvgIpc) is 2.38. The summed E-state index contributed by atoms with van der Waals surface area (Å²) in [5.74, 6) is 0.295. The predicted octanol–water partition coefficient (Wildman–Crippen LogP) is 6.19. The molecule has 0 spiro atoms. The van der Waals surface area contributed by atoms with Crippen LogP contribution in [0, 0.1) is 5.92 Å². The van der Waals surface area contributed by atoms with Gasteiger partial charge < -0.3 is 0 Å². The highest BCUT2D eigenvalue weighted by molar-refractivity contribution is 5.74. The Morgan fingerprint density at radius 1 is 0.857 bits per heavy atom. The summed E-state index contributed by atoms with van der Waals surface area (Å²) in [7, 11) is 0. The molecule has 0 aliphatic carbocycles. The Hall–Kier alpha value is -1.37. The van der Waals surface area contributed by atoms with E-state index in [1.54, 1.807) is 0 Å². The molecule has 0 amide bonds. The van der Waals surface area contributed by atoms with Gasteiger partial charge in [-0.2, -0.15) is 0 Å². The van der Waals surface area contributed by atoms with E-state index >= 15 is 0 Å². The van der Waals surface area contributed by atoms with Crippen LogP contribution in [0.3, 0.4) is 0 Å². The number of hydrogen-bond acceptors (Lipinski definition) is 1. The molecule has 118 valence electrons. The number of carbonyl (C=O) groups excluding carboxylic acids is 1. The van der Waals surface area contributed by atoms with E-state index in [9.17, 15) is 4.79 Å². The Morgan fingerprint density at radius 3 is 1.95 bits per heavy atom. The van der Waals surface area contributed by atoms with Gasteiger partial charge >= 0.3 is 0 Å². The minimum absolute atomic E-state index is 0.295. The van der Waals surface area contributed by atoms with E-state index in [-0.39, 0.29) is 0 Å². The van der Waals surface area contributed by atoms with Crippen LogP contribution in [0.15, 0.2) is 46.6 Å². The highest BCUT2D eigenvalue weighted by Crippen LogP contribution is 2.13. The largest absolute Gasteiger partial charge is 0.298 e. The van der Waals surface area contributed by atoms with Gasteiger partial charge in [-0.15, -0.1) is 0 Å². The molecule has 0 fully saturated rings. The van der Waals surface area contributed by atoms with E-state index in [0.29, 0.717) is 5.92 Å². The zero-order valence-corrected chi connectivity index (χ0v) is 14.7. The van der Waals surface area contributed by atoms with Crippen LogP contribution in [0.1, 0.15) is 67.2 Å². The third-order valence-electron chi connectivity index (χ3n) is 3.49. The number of rotatable bonds is 9. The van der Waals surface area contributed by atoms with Gasteiger partial charge in [-0.25, -0.2) is 0 Å². The summed E-state index contributed by atoms with van der Waals surface area (Å²) in [4.78, 5) is 10.9. The van der Waals surface area contributed by atoms with Crippen LogP contribution >= 0.6 is 0 Å². The van der Waals surface area contributed by atoms with Crippen molar-refractivity contribution in [1.29, 1.82) is 0 Å². The first-order chi connectivity index (χ1) is 9.86. The van der Waals surface area contributed by atoms with Gasteiger partial charge in [-0.3, -0.25) is 4.79 Å². The van der Waals surface area contributed by atoms with Crippen molar-refractivity contribution in [2.24, 2.45) is 5.92 Å². The normalized spacial score (nSPS) is 13.6. The van der Waals surface area contributed by atoms with Gasteiger partial charge in [-0.05, 0) is 64.9 Å². The summed E-state index contributed by atoms with van der Waals surface area (Å²) in [6, 6.07) is 0. The maximum absolute atomic E-state index is 10.9. The van der Waals surface area contributed by atoms with Crippen molar-refractivity contribution in [3.8, 4) is 0 Å². The molecule has 0 aromatic carbocycles. The SMILES string of the molecule is CC(C)=CCC/C(C)=C/CC/C(C)=C/C=C(/C=O)C(C)C. The fourth-order valence-corrected chi connectivity index (χ4v) is 1.93. The molecule has 0 saturated heterocycles.